The average Bonchev–Trinajstić information content (AvgIpc) is 3.02. The number of halogens is 2. The molecule has 1 saturated heterocycles. The second-order valence-corrected chi connectivity index (χ2v) is 6.73. The summed E-state index contributed by atoms with van der Waals surface area (Å²) in [4.78, 5) is 13.9. The number of benzene rings is 1. The lowest BCUT2D eigenvalue weighted by atomic mass is 10.00. The minimum atomic E-state index is -0.351. The number of aliphatic hydroxyl groups excluding tert-OH is 1. The quantitative estimate of drug-likeness (QED) is 0.830. The Morgan fingerprint density at radius 1 is 1.38 bits per heavy atom. The van der Waals surface area contributed by atoms with Crippen LogP contribution in [0.1, 0.15) is 18.4 Å². The van der Waals surface area contributed by atoms with E-state index < -0.39 is 0 Å². The van der Waals surface area contributed by atoms with Gasteiger partial charge in [0.1, 0.15) is 5.82 Å². The number of amides is 1. The van der Waals surface area contributed by atoms with Crippen molar-refractivity contribution >= 4 is 27.9 Å². The molecule has 21 heavy (non-hydrogen) atoms. The fraction of sp³-hybridized carbons (Fsp3) is 0.438. The SMILES string of the molecule is O=C(/C=C/c1cc(Br)ccc1F)N1CC2CCC(O)C2C1. The second-order valence-electron chi connectivity index (χ2n) is 5.81. The van der Waals surface area contributed by atoms with Crippen molar-refractivity contribution in [3.8, 4) is 0 Å². The second kappa shape index (κ2) is 5.89. The number of nitrogens with zero attached hydrogens (tertiary/aromatic N) is 1. The van der Waals surface area contributed by atoms with Gasteiger partial charge in [-0.2, -0.15) is 0 Å². The zero-order valence-electron chi connectivity index (χ0n) is 11.5. The molecule has 3 rings (SSSR count). The van der Waals surface area contributed by atoms with Gasteiger partial charge in [-0.1, -0.05) is 15.9 Å². The van der Waals surface area contributed by atoms with E-state index >= 15 is 0 Å². The molecule has 1 aliphatic carbocycles. The summed E-state index contributed by atoms with van der Waals surface area (Å²) in [5, 5.41) is 9.86. The van der Waals surface area contributed by atoms with Crippen LogP contribution in [0.2, 0.25) is 0 Å². The molecule has 1 amide bonds. The predicted molar refractivity (Wildman–Crippen MR) is 81.9 cm³/mol. The van der Waals surface area contributed by atoms with Crippen LogP contribution in [0.15, 0.2) is 28.7 Å². The van der Waals surface area contributed by atoms with Crippen molar-refractivity contribution in [1.29, 1.82) is 0 Å². The highest BCUT2D eigenvalue weighted by molar-refractivity contribution is 9.10. The Bertz CT molecular complexity index is 590. The summed E-state index contributed by atoms with van der Waals surface area (Å²) in [6, 6.07) is 4.63. The zero-order chi connectivity index (χ0) is 15.0. The van der Waals surface area contributed by atoms with E-state index in [0.29, 0.717) is 24.6 Å². The zero-order valence-corrected chi connectivity index (χ0v) is 13.1. The van der Waals surface area contributed by atoms with Gasteiger partial charge in [0, 0.05) is 35.1 Å². The minimum absolute atomic E-state index is 0.115. The summed E-state index contributed by atoms with van der Waals surface area (Å²) >= 11 is 3.29. The van der Waals surface area contributed by atoms with Crippen LogP contribution in [0, 0.1) is 17.7 Å². The number of carbonyl (C=O) groups is 1. The van der Waals surface area contributed by atoms with Crippen LogP contribution in [0.4, 0.5) is 4.39 Å². The average molecular weight is 354 g/mol. The maximum absolute atomic E-state index is 13.6. The molecule has 112 valence electrons. The molecule has 1 N–H and O–H groups in total. The lowest BCUT2D eigenvalue weighted by molar-refractivity contribution is -0.125. The number of aliphatic hydroxyl groups is 1. The topological polar surface area (TPSA) is 40.5 Å². The van der Waals surface area contributed by atoms with Gasteiger partial charge < -0.3 is 10.0 Å². The number of rotatable bonds is 2. The van der Waals surface area contributed by atoms with Crippen LogP contribution < -0.4 is 0 Å². The molecule has 2 fully saturated rings. The lowest BCUT2D eigenvalue weighted by Crippen LogP contribution is -2.29. The fourth-order valence-corrected chi connectivity index (χ4v) is 3.70. The van der Waals surface area contributed by atoms with Crippen LogP contribution in [0.3, 0.4) is 0 Å². The van der Waals surface area contributed by atoms with E-state index in [9.17, 15) is 14.3 Å². The normalized spacial score (nSPS) is 28.3. The number of carbonyl (C=O) groups excluding carboxylic acids is 1. The molecule has 1 aromatic carbocycles. The Kier molecular flexibility index (Phi) is 4.13. The largest absolute Gasteiger partial charge is 0.393 e. The van der Waals surface area contributed by atoms with Crippen molar-refractivity contribution in [2.75, 3.05) is 13.1 Å². The summed E-state index contributed by atoms with van der Waals surface area (Å²) in [7, 11) is 0. The maximum atomic E-state index is 13.6. The predicted octanol–water partition coefficient (Wildman–Crippen LogP) is 2.83. The molecular formula is C16H17BrFNO2. The molecule has 0 radical (unpaired) electrons. The van der Waals surface area contributed by atoms with E-state index in [1.807, 2.05) is 0 Å². The van der Waals surface area contributed by atoms with Crippen molar-refractivity contribution in [1.82, 2.24) is 4.90 Å². The summed E-state index contributed by atoms with van der Waals surface area (Å²) < 4.78 is 14.4. The Hall–Kier alpha value is -1.20. The Morgan fingerprint density at radius 2 is 2.19 bits per heavy atom. The number of fused-ring (bicyclic) bond motifs is 1. The van der Waals surface area contributed by atoms with Crippen LogP contribution >= 0.6 is 15.9 Å². The van der Waals surface area contributed by atoms with E-state index in [2.05, 4.69) is 15.9 Å². The van der Waals surface area contributed by atoms with Gasteiger partial charge >= 0.3 is 0 Å². The molecule has 0 bridgehead atoms. The van der Waals surface area contributed by atoms with Crippen molar-refractivity contribution in [2.24, 2.45) is 11.8 Å². The first-order valence-corrected chi connectivity index (χ1v) is 7.94. The first kappa shape index (κ1) is 14.7. The molecule has 3 unspecified atom stereocenters. The molecule has 0 spiro atoms. The van der Waals surface area contributed by atoms with E-state index in [4.69, 9.17) is 0 Å². The maximum Gasteiger partial charge on any atom is 0.246 e. The highest BCUT2D eigenvalue weighted by Gasteiger charge is 2.42. The lowest BCUT2D eigenvalue weighted by Gasteiger charge is -2.16. The molecule has 1 saturated carbocycles. The van der Waals surface area contributed by atoms with Gasteiger partial charge in [-0.05, 0) is 43.0 Å². The van der Waals surface area contributed by atoms with Gasteiger partial charge in [-0.25, -0.2) is 4.39 Å². The summed E-state index contributed by atoms with van der Waals surface area (Å²) in [5.41, 5.74) is 0.386. The van der Waals surface area contributed by atoms with Crippen molar-refractivity contribution in [3.05, 3.63) is 40.1 Å². The van der Waals surface area contributed by atoms with Crippen molar-refractivity contribution in [3.63, 3.8) is 0 Å². The van der Waals surface area contributed by atoms with Crippen LogP contribution in [0.5, 0.6) is 0 Å². The molecule has 5 heteroatoms. The van der Waals surface area contributed by atoms with E-state index in [1.165, 1.54) is 18.2 Å². The Morgan fingerprint density at radius 3 is 2.95 bits per heavy atom. The van der Waals surface area contributed by atoms with E-state index in [1.54, 1.807) is 17.0 Å². The molecule has 1 aliphatic heterocycles. The Balaban J connectivity index is 1.67. The first-order chi connectivity index (χ1) is 10.0. The fourth-order valence-electron chi connectivity index (χ4n) is 3.33. The van der Waals surface area contributed by atoms with Gasteiger partial charge in [-0.3, -0.25) is 4.79 Å². The van der Waals surface area contributed by atoms with Gasteiger partial charge in [0.25, 0.3) is 0 Å². The van der Waals surface area contributed by atoms with Gasteiger partial charge in [0.2, 0.25) is 5.91 Å². The molecular weight excluding hydrogens is 337 g/mol. The van der Waals surface area contributed by atoms with E-state index in [-0.39, 0.29) is 23.7 Å². The Labute approximate surface area is 131 Å². The third kappa shape index (κ3) is 3.04. The summed E-state index contributed by atoms with van der Waals surface area (Å²) in [6.07, 6.45) is 4.47. The summed E-state index contributed by atoms with van der Waals surface area (Å²) in [6.45, 7) is 1.31. The monoisotopic (exact) mass is 353 g/mol. The smallest absolute Gasteiger partial charge is 0.246 e. The van der Waals surface area contributed by atoms with Gasteiger partial charge in [0.05, 0.1) is 6.10 Å². The highest BCUT2D eigenvalue weighted by Crippen LogP contribution is 2.38. The van der Waals surface area contributed by atoms with Crippen LogP contribution in [-0.2, 0) is 4.79 Å². The molecule has 1 aromatic rings. The number of likely N-dealkylation sites (tertiary alicyclic amines) is 1. The third-order valence-electron chi connectivity index (χ3n) is 4.49. The van der Waals surface area contributed by atoms with Gasteiger partial charge in [0.15, 0.2) is 0 Å². The summed E-state index contributed by atoms with van der Waals surface area (Å²) in [5.74, 6) is 0.164. The minimum Gasteiger partial charge on any atom is -0.393 e. The highest BCUT2D eigenvalue weighted by atomic mass is 79.9. The molecule has 3 nitrogen and oxygen atoms in total. The number of hydrogen-bond acceptors (Lipinski definition) is 2. The van der Waals surface area contributed by atoms with Crippen molar-refractivity contribution in [2.45, 2.75) is 18.9 Å². The van der Waals surface area contributed by atoms with Crippen LogP contribution in [0.25, 0.3) is 6.08 Å². The van der Waals surface area contributed by atoms with Crippen LogP contribution in [-0.4, -0.2) is 35.1 Å². The van der Waals surface area contributed by atoms with E-state index in [0.717, 1.165) is 17.3 Å². The molecule has 3 atom stereocenters. The van der Waals surface area contributed by atoms with Gasteiger partial charge in [-0.15, -0.1) is 0 Å². The first-order valence-electron chi connectivity index (χ1n) is 7.14. The molecule has 1 heterocycles. The van der Waals surface area contributed by atoms with Crippen molar-refractivity contribution < 1.29 is 14.3 Å². The standard InChI is InChI=1S/C16H17BrFNO2/c17-12-3-4-14(18)10(7-12)2-6-16(21)19-8-11-1-5-15(20)13(11)9-19/h2-4,6-7,11,13,15,20H,1,5,8-9H2/b6-2+. The third-order valence-corrected chi connectivity index (χ3v) is 4.99. The molecule has 2 aliphatic rings. The number of hydrogen-bond donors (Lipinski definition) is 1. The molecule has 0 aromatic heterocycles.